The number of carbonyl (C=O) groups is 3. The van der Waals surface area contributed by atoms with Crippen LogP contribution in [0.1, 0.15) is 34.6 Å². The van der Waals surface area contributed by atoms with Crippen molar-refractivity contribution in [1.29, 1.82) is 0 Å². The fourth-order valence-corrected chi connectivity index (χ4v) is 2.30. The first-order chi connectivity index (χ1) is 13.8. The summed E-state index contributed by atoms with van der Waals surface area (Å²) >= 11 is 0. The molecule has 0 aliphatic heterocycles. The van der Waals surface area contributed by atoms with Crippen molar-refractivity contribution in [2.75, 3.05) is 18.5 Å². The summed E-state index contributed by atoms with van der Waals surface area (Å²) in [4.78, 5) is 35.3. The number of ketones is 1. The number of ether oxygens (including phenoxy) is 3. The van der Waals surface area contributed by atoms with E-state index in [1.165, 1.54) is 19.1 Å². The quantitative estimate of drug-likeness (QED) is 0.504. The number of halogens is 2. The minimum Gasteiger partial charge on any atom is -0.490 e. The van der Waals surface area contributed by atoms with Crippen LogP contribution in [0.25, 0.3) is 0 Å². The number of hydrogen-bond donors (Lipinski definition) is 1. The van der Waals surface area contributed by atoms with Crippen molar-refractivity contribution < 1.29 is 37.4 Å². The van der Waals surface area contributed by atoms with Crippen molar-refractivity contribution in [1.82, 2.24) is 0 Å². The molecule has 0 radical (unpaired) electrons. The molecule has 0 aliphatic carbocycles. The zero-order valence-corrected chi connectivity index (χ0v) is 15.7. The molecule has 9 heteroatoms. The maximum absolute atomic E-state index is 12.4. The molecule has 7 nitrogen and oxygen atoms in total. The molecule has 0 atom stereocenters. The van der Waals surface area contributed by atoms with Gasteiger partial charge < -0.3 is 19.5 Å². The summed E-state index contributed by atoms with van der Waals surface area (Å²) in [5, 5.41) is 2.52. The monoisotopic (exact) mass is 407 g/mol. The van der Waals surface area contributed by atoms with Gasteiger partial charge in [-0.15, -0.1) is 0 Å². The molecule has 2 aromatic rings. The molecule has 2 rings (SSSR count). The van der Waals surface area contributed by atoms with Crippen molar-refractivity contribution >= 4 is 23.3 Å². The highest BCUT2D eigenvalue weighted by atomic mass is 19.3. The average molecular weight is 407 g/mol. The molecule has 1 amide bonds. The van der Waals surface area contributed by atoms with E-state index >= 15 is 0 Å². The van der Waals surface area contributed by atoms with E-state index < -0.39 is 25.1 Å². The molecule has 0 heterocycles. The summed E-state index contributed by atoms with van der Waals surface area (Å²) in [5.74, 6) is -1.79. The summed E-state index contributed by atoms with van der Waals surface area (Å²) < 4.78 is 39.3. The third-order valence-electron chi connectivity index (χ3n) is 3.60. The Morgan fingerprint density at radius 3 is 2.24 bits per heavy atom. The molecular formula is C20H19F2NO6. The topological polar surface area (TPSA) is 90.9 Å². The minimum atomic E-state index is -3.04. The van der Waals surface area contributed by atoms with Crippen LogP contribution < -0.4 is 14.8 Å². The molecule has 154 valence electrons. The van der Waals surface area contributed by atoms with Crippen molar-refractivity contribution in [3.8, 4) is 11.5 Å². The Morgan fingerprint density at radius 2 is 1.66 bits per heavy atom. The lowest BCUT2D eigenvalue weighted by molar-refractivity contribution is -0.119. The SMILES string of the molecule is CCOc1cc(C(=O)OCC(=O)Nc2ccc(C(C)=O)cc2)ccc1OC(F)F. The molecule has 1 N–H and O–H groups in total. The van der Waals surface area contributed by atoms with Gasteiger partial charge in [-0.2, -0.15) is 8.78 Å². The van der Waals surface area contributed by atoms with E-state index in [0.717, 1.165) is 6.07 Å². The first-order valence-corrected chi connectivity index (χ1v) is 8.59. The van der Waals surface area contributed by atoms with Gasteiger partial charge in [0.25, 0.3) is 5.91 Å². The molecule has 0 aliphatic rings. The smallest absolute Gasteiger partial charge is 0.387 e. The number of nitrogens with one attached hydrogen (secondary N) is 1. The van der Waals surface area contributed by atoms with Gasteiger partial charge in [0, 0.05) is 11.3 Å². The molecule has 0 saturated carbocycles. The summed E-state index contributed by atoms with van der Waals surface area (Å²) in [6, 6.07) is 9.79. The normalized spacial score (nSPS) is 10.4. The Labute approximate surface area is 165 Å². The first kappa shape index (κ1) is 21.8. The largest absolute Gasteiger partial charge is 0.490 e. The number of esters is 1. The predicted molar refractivity (Wildman–Crippen MR) is 99.6 cm³/mol. The Kier molecular flexibility index (Phi) is 7.64. The second-order valence-electron chi connectivity index (χ2n) is 5.73. The summed E-state index contributed by atoms with van der Waals surface area (Å²) in [6.45, 7) is -0.365. The number of rotatable bonds is 9. The van der Waals surface area contributed by atoms with E-state index in [1.807, 2.05) is 0 Å². The van der Waals surface area contributed by atoms with Crippen LogP contribution in [0.15, 0.2) is 42.5 Å². The molecule has 0 bridgehead atoms. The maximum atomic E-state index is 12.4. The van der Waals surface area contributed by atoms with E-state index in [-0.39, 0.29) is 29.5 Å². The summed E-state index contributed by atoms with van der Waals surface area (Å²) in [5.41, 5.74) is 0.940. The van der Waals surface area contributed by atoms with Crippen LogP contribution in [0.5, 0.6) is 11.5 Å². The van der Waals surface area contributed by atoms with Crippen molar-refractivity contribution in [2.24, 2.45) is 0 Å². The minimum absolute atomic E-state index is 0.00803. The Balaban J connectivity index is 1.96. The molecular weight excluding hydrogens is 388 g/mol. The second-order valence-corrected chi connectivity index (χ2v) is 5.73. The lowest BCUT2D eigenvalue weighted by Crippen LogP contribution is -2.21. The Hall–Kier alpha value is -3.49. The summed E-state index contributed by atoms with van der Waals surface area (Å²) in [6.07, 6.45) is 0. The zero-order valence-electron chi connectivity index (χ0n) is 15.7. The van der Waals surface area contributed by atoms with E-state index in [1.54, 1.807) is 31.2 Å². The van der Waals surface area contributed by atoms with E-state index in [4.69, 9.17) is 9.47 Å². The average Bonchev–Trinajstić information content (AvgIpc) is 2.67. The molecule has 0 saturated heterocycles. The molecule has 0 aromatic heterocycles. The third-order valence-corrected chi connectivity index (χ3v) is 3.60. The number of anilines is 1. The zero-order chi connectivity index (χ0) is 21.4. The van der Waals surface area contributed by atoms with E-state index in [9.17, 15) is 23.2 Å². The van der Waals surface area contributed by atoms with Gasteiger partial charge in [-0.1, -0.05) is 0 Å². The fraction of sp³-hybridized carbons (Fsp3) is 0.250. The maximum Gasteiger partial charge on any atom is 0.387 e. The molecule has 29 heavy (non-hydrogen) atoms. The number of hydrogen-bond acceptors (Lipinski definition) is 6. The van der Waals surface area contributed by atoms with Gasteiger partial charge in [0.1, 0.15) is 0 Å². The third kappa shape index (κ3) is 6.56. The van der Waals surface area contributed by atoms with Gasteiger partial charge in [-0.3, -0.25) is 9.59 Å². The lowest BCUT2D eigenvalue weighted by Gasteiger charge is -2.12. The number of alkyl halides is 2. The lowest BCUT2D eigenvalue weighted by atomic mass is 10.1. The Bertz CT molecular complexity index is 883. The van der Waals surface area contributed by atoms with Crippen LogP contribution in [0.4, 0.5) is 14.5 Å². The molecule has 0 unspecified atom stereocenters. The second kappa shape index (κ2) is 10.2. The van der Waals surface area contributed by atoms with Gasteiger partial charge in [0.2, 0.25) is 0 Å². The van der Waals surface area contributed by atoms with E-state index in [0.29, 0.717) is 11.3 Å². The van der Waals surface area contributed by atoms with Crippen LogP contribution in [0, 0.1) is 0 Å². The van der Waals surface area contributed by atoms with Gasteiger partial charge >= 0.3 is 12.6 Å². The highest BCUT2D eigenvalue weighted by molar-refractivity contribution is 5.97. The highest BCUT2D eigenvalue weighted by Gasteiger charge is 2.16. The van der Waals surface area contributed by atoms with Crippen LogP contribution in [-0.2, 0) is 9.53 Å². The summed E-state index contributed by atoms with van der Waals surface area (Å²) in [7, 11) is 0. The fourth-order valence-electron chi connectivity index (χ4n) is 2.30. The number of amides is 1. The van der Waals surface area contributed by atoms with E-state index in [2.05, 4.69) is 10.1 Å². The van der Waals surface area contributed by atoms with Crippen molar-refractivity contribution in [2.45, 2.75) is 20.5 Å². The molecule has 0 spiro atoms. The van der Waals surface area contributed by atoms with Gasteiger partial charge in [-0.25, -0.2) is 4.79 Å². The van der Waals surface area contributed by atoms with Gasteiger partial charge in [0.05, 0.1) is 12.2 Å². The van der Waals surface area contributed by atoms with Gasteiger partial charge in [0.15, 0.2) is 23.9 Å². The van der Waals surface area contributed by atoms with Crippen LogP contribution in [-0.4, -0.2) is 37.5 Å². The van der Waals surface area contributed by atoms with Crippen molar-refractivity contribution in [3.63, 3.8) is 0 Å². The molecule has 0 fully saturated rings. The van der Waals surface area contributed by atoms with Gasteiger partial charge in [-0.05, 0) is 56.3 Å². The standard InChI is InChI=1S/C20H19F2NO6/c1-3-27-17-10-14(6-9-16(17)29-20(21)22)19(26)28-11-18(25)23-15-7-4-13(5-8-15)12(2)24/h4-10,20H,3,11H2,1-2H3,(H,23,25). The Morgan fingerprint density at radius 1 is 1.00 bits per heavy atom. The first-order valence-electron chi connectivity index (χ1n) is 8.59. The van der Waals surface area contributed by atoms with Crippen LogP contribution >= 0.6 is 0 Å². The van der Waals surface area contributed by atoms with Crippen molar-refractivity contribution in [3.05, 3.63) is 53.6 Å². The molecule has 2 aromatic carbocycles. The van der Waals surface area contributed by atoms with Crippen LogP contribution in [0.3, 0.4) is 0 Å². The number of carbonyl (C=O) groups excluding carboxylic acids is 3. The predicted octanol–water partition coefficient (Wildman–Crippen LogP) is 3.68. The van der Waals surface area contributed by atoms with Crippen LogP contribution in [0.2, 0.25) is 0 Å². The highest BCUT2D eigenvalue weighted by Crippen LogP contribution is 2.30. The number of Topliss-reactive ketones (excluding diaryl/α,β-unsaturated/α-hetero) is 1. The number of benzene rings is 2.